The van der Waals surface area contributed by atoms with Crippen LogP contribution in [0.5, 0.6) is 0 Å². The van der Waals surface area contributed by atoms with Gasteiger partial charge in [0, 0.05) is 25.3 Å². The Morgan fingerprint density at radius 2 is 1.84 bits per heavy atom. The molecule has 1 atom stereocenters. The first-order valence-electron chi connectivity index (χ1n) is 10.6. The minimum absolute atomic E-state index is 0.0202. The van der Waals surface area contributed by atoms with Crippen molar-refractivity contribution in [2.24, 2.45) is 0 Å². The summed E-state index contributed by atoms with van der Waals surface area (Å²) in [5.74, 6) is -1.46. The Bertz CT molecular complexity index is 1250. The number of ether oxygens (including phenoxy) is 2. The van der Waals surface area contributed by atoms with Crippen molar-refractivity contribution in [3.05, 3.63) is 48.0 Å². The van der Waals surface area contributed by atoms with E-state index in [1.807, 2.05) is 4.57 Å². The quantitative estimate of drug-likeness (QED) is 0.581. The average molecular weight is 464 g/mol. The van der Waals surface area contributed by atoms with Crippen LogP contribution in [0, 0.1) is 11.6 Å². The van der Waals surface area contributed by atoms with Crippen molar-refractivity contribution in [1.82, 2.24) is 13.9 Å². The van der Waals surface area contributed by atoms with Gasteiger partial charge in [-0.05, 0) is 49.2 Å². The smallest absolute Gasteiger partial charge is 0.243 e. The van der Waals surface area contributed by atoms with E-state index in [9.17, 15) is 17.2 Å². The lowest BCUT2D eigenvalue weighted by atomic mass is 10.2. The van der Waals surface area contributed by atoms with Crippen LogP contribution in [0.1, 0.15) is 12.8 Å². The Morgan fingerprint density at radius 1 is 1.03 bits per heavy atom. The topological polar surface area (TPSA) is 73.7 Å². The van der Waals surface area contributed by atoms with E-state index in [0.717, 1.165) is 25.0 Å². The summed E-state index contributed by atoms with van der Waals surface area (Å²) in [4.78, 5) is 4.77. The highest BCUT2D eigenvalue weighted by Crippen LogP contribution is 2.30. The molecule has 2 aliphatic rings. The van der Waals surface area contributed by atoms with Crippen molar-refractivity contribution in [1.29, 1.82) is 0 Å². The third kappa shape index (κ3) is 3.92. The summed E-state index contributed by atoms with van der Waals surface area (Å²) in [6.45, 7) is 2.48. The Labute approximate surface area is 184 Å². The number of aromatic nitrogens is 2. The molecule has 170 valence electrons. The molecule has 10 heteroatoms. The minimum atomic E-state index is -3.69. The molecule has 2 saturated heterocycles. The Kier molecular flexibility index (Phi) is 5.70. The zero-order chi connectivity index (χ0) is 22.3. The number of morpholine rings is 1. The summed E-state index contributed by atoms with van der Waals surface area (Å²) >= 11 is 0. The Morgan fingerprint density at radius 3 is 2.56 bits per heavy atom. The number of imidazole rings is 1. The molecule has 1 aromatic heterocycles. The average Bonchev–Trinajstić information content (AvgIpc) is 3.44. The predicted molar refractivity (Wildman–Crippen MR) is 114 cm³/mol. The van der Waals surface area contributed by atoms with Gasteiger partial charge in [-0.3, -0.25) is 0 Å². The summed E-state index contributed by atoms with van der Waals surface area (Å²) < 4.78 is 67.9. The zero-order valence-corrected chi connectivity index (χ0v) is 18.2. The number of fused-ring (bicyclic) bond motifs is 1. The second-order valence-electron chi connectivity index (χ2n) is 7.98. The Balaban J connectivity index is 1.60. The van der Waals surface area contributed by atoms with Gasteiger partial charge in [-0.15, -0.1) is 0 Å². The van der Waals surface area contributed by atoms with Gasteiger partial charge in [-0.1, -0.05) is 0 Å². The van der Waals surface area contributed by atoms with Crippen molar-refractivity contribution >= 4 is 21.1 Å². The van der Waals surface area contributed by atoms with Gasteiger partial charge < -0.3 is 14.0 Å². The van der Waals surface area contributed by atoms with E-state index in [1.54, 1.807) is 12.1 Å². The molecule has 2 aliphatic heterocycles. The van der Waals surface area contributed by atoms with Crippen molar-refractivity contribution in [2.45, 2.75) is 30.4 Å². The van der Waals surface area contributed by atoms with E-state index < -0.39 is 21.7 Å². The number of halogens is 2. The third-order valence-corrected chi connectivity index (χ3v) is 7.81. The summed E-state index contributed by atoms with van der Waals surface area (Å²) in [7, 11) is -3.69. The van der Waals surface area contributed by atoms with Crippen LogP contribution in [0.25, 0.3) is 22.4 Å². The molecule has 0 N–H and O–H groups in total. The van der Waals surface area contributed by atoms with Crippen molar-refractivity contribution in [2.75, 3.05) is 32.9 Å². The van der Waals surface area contributed by atoms with Gasteiger partial charge in [0.25, 0.3) is 0 Å². The van der Waals surface area contributed by atoms with Crippen LogP contribution in [0.4, 0.5) is 8.78 Å². The Hall–Kier alpha value is -2.40. The molecule has 0 radical (unpaired) electrons. The van der Waals surface area contributed by atoms with E-state index in [2.05, 4.69) is 4.98 Å². The maximum atomic E-state index is 14.0. The molecule has 3 aromatic rings. The molecule has 2 fully saturated rings. The summed E-state index contributed by atoms with van der Waals surface area (Å²) in [6, 6.07) is 8.46. The highest BCUT2D eigenvalue weighted by atomic mass is 32.2. The normalized spacial score (nSPS) is 20.2. The summed E-state index contributed by atoms with van der Waals surface area (Å²) in [5.41, 5.74) is 1.59. The second kappa shape index (κ2) is 8.51. The lowest BCUT2D eigenvalue weighted by Crippen LogP contribution is -2.40. The first-order valence-corrected chi connectivity index (χ1v) is 12.0. The second-order valence-corrected chi connectivity index (χ2v) is 9.91. The molecule has 5 rings (SSSR count). The summed E-state index contributed by atoms with van der Waals surface area (Å²) in [5, 5.41) is 0. The fraction of sp³-hybridized carbons (Fsp3) is 0.409. The molecule has 0 bridgehead atoms. The van der Waals surface area contributed by atoms with Gasteiger partial charge in [0.05, 0.1) is 41.8 Å². The molecule has 0 aliphatic carbocycles. The molecular formula is C22H23F2N3O4S. The number of rotatable bonds is 5. The van der Waals surface area contributed by atoms with Crippen LogP contribution in [0.15, 0.2) is 41.3 Å². The number of sulfonamides is 1. The molecule has 2 aromatic carbocycles. The van der Waals surface area contributed by atoms with Gasteiger partial charge in [-0.2, -0.15) is 4.31 Å². The zero-order valence-electron chi connectivity index (χ0n) is 17.3. The number of hydrogen-bond acceptors (Lipinski definition) is 5. The number of nitrogens with zero attached hydrogens (tertiary/aromatic N) is 3. The van der Waals surface area contributed by atoms with E-state index in [1.165, 1.54) is 16.4 Å². The van der Waals surface area contributed by atoms with Crippen molar-refractivity contribution < 1.29 is 26.7 Å². The van der Waals surface area contributed by atoms with Crippen molar-refractivity contribution in [3.63, 3.8) is 0 Å². The summed E-state index contributed by atoms with van der Waals surface area (Å²) in [6.07, 6.45) is 1.83. The highest BCUT2D eigenvalue weighted by Gasteiger charge is 2.28. The molecule has 3 heterocycles. The first-order chi connectivity index (χ1) is 15.4. The lowest BCUT2D eigenvalue weighted by molar-refractivity contribution is 0.0730. The monoisotopic (exact) mass is 463 g/mol. The molecule has 0 amide bonds. The lowest BCUT2D eigenvalue weighted by Gasteiger charge is -2.26. The van der Waals surface area contributed by atoms with Crippen LogP contribution in [-0.4, -0.2) is 61.3 Å². The molecule has 0 saturated carbocycles. The maximum Gasteiger partial charge on any atom is 0.243 e. The fourth-order valence-corrected chi connectivity index (χ4v) is 5.67. The van der Waals surface area contributed by atoms with E-state index >= 15 is 0 Å². The predicted octanol–water partition coefficient (Wildman–Crippen LogP) is 3.18. The van der Waals surface area contributed by atoms with Crippen LogP contribution >= 0.6 is 0 Å². The van der Waals surface area contributed by atoms with E-state index in [4.69, 9.17) is 9.47 Å². The van der Waals surface area contributed by atoms with Gasteiger partial charge in [0.2, 0.25) is 10.0 Å². The minimum Gasteiger partial charge on any atom is -0.379 e. The van der Waals surface area contributed by atoms with Crippen LogP contribution in [0.3, 0.4) is 0 Å². The standard InChI is InChI=1S/C22H23F2N3O4S/c23-18-5-3-15(12-19(18)24)22-25-20-13-17(32(28,29)26-7-10-30-11-8-26)4-6-21(20)27(22)14-16-2-1-9-31-16/h3-6,12-13,16H,1-2,7-11,14H2. The van der Waals surface area contributed by atoms with Crippen LogP contribution in [0.2, 0.25) is 0 Å². The van der Waals surface area contributed by atoms with Gasteiger partial charge >= 0.3 is 0 Å². The fourth-order valence-electron chi connectivity index (χ4n) is 4.24. The number of hydrogen-bond donors (Lipinski definition) is 0. The van der Waals surface area contributed by atoms with Crippen molar-refractivity contribution in [3.8, 4) is 11.4 Å². The van der Waals surface area contributed by atoms with E-state index in [0.29, 0.717) is 61.9 Å². The van der Waals surface area contributed by atoms with Gasteiger partial charge in [-0.25, -0.2) is 22.2 Å². The number of benzene rings is 2. The SMILES string of the molecule is O=S(=O)(c1ccc2c(c1)nc(-c1ccc(F)c(F)c1)n2CC1CCCO1)N1CCOCC1. The molecule has 1 unspecified atom stereocenters. The van der Waals surface area contributed by atoms with Gasteiger partial charge in [0.15, 0.2) is 11.6 Å². The van der Waals surface area contributed by atoms with Crippen LogP contribution < -0.4 is 0 Å². The molecule has 32 heavy (non-hydrogen) atoms. The van der Waals surface area contributed by atoms with E-state index in [-0.39, 0.29) is 11.0 Å². The third-order valence-electron chi connectivity index (χ3n) is 5.92. The molecule has 7 nitrogen and oxygen atoms in total. The van der Waals surface area contributed by atoms with Crippen LogP contribution in [-0.2, 0) is 26.0 Å². The largest absolute Gasteiger partial charge is 0.379 e. The van der Waals surface area contributed by atoms with Gasteiger partial charge in [0.1, 0.15) is 5.82 Å². The first kappa shape index (κ1) is 21.4. The maximum absolute atomic E-state index is 14.0. The molecular weight excluding hydrogens is 440 g/mol. The molecule has 0 spiro atoms. The highest BCUT2D eigenvalue weighted by molar-refractivity contribution is 7.89.